The molecule has 0 aliphatic heterocycles. The van der Waals surface area contributed by atoms with Gasteiger partial charge in [0.1, 0.15) is 0 Å². The zero-order valence-corrected chi connectivity index (χ0v) is 12.3. The molecule has 0 aromatic heterocycles. The van der Waals surface area contributed by atoms with Gasteiger partial charge in [0.25, 0.3) is 0 Å². The van der Waals surface area contributed by atoms with Crippen LogP contribution in [0, 0.1) is 24.2 Å². The van der Waals surface area contributed by atoms with Crippen molar-refractivity contribution in [3.63, 3.8) is 0 Å². The Hall–Kier alpha value is -2.33. The van der Waals surface area contributed by atoms with Crippen LogP contribution in [0.25, 0.3) is 16.7 Å². The van der Waals surface area contributed by atoms with Gasteiger partial charge in [-0.1, -0.05) is 60.2 Å². The van der Waals surface area contributed by atoms with E-state index in [1.165, 1.54) is 27.8 Å². The van der Waals surface area contributed by atoms with Gasteiger partial charge in [0.2, 0.25) is 0 Å². The molecular weight excluding hydrogens is 254 g/mol. The summed E-state index contributed by atoms with van der Waals surface area (Å²) in [7, 11) is 0. The molecule has 1 aliphatic carbocycles. The van der Waals surface area contributed by atoms with Crippen molar-refractivity contribution in [2.75, 3.05) is 0 Å². The van der Waals surface area contributed by atoms with Gasteiger partial charge in [-0.05, 0) is 48.4 Å². The van der Waals surface area contributed by atoms with E-state index in [-0.39, 0.29) is 5.92 Å². The predicted molar refractivity (Wildman–Crippen MR) is 87.5 cm³/mol. The summed E-state index contributed by atoms with van der Waals surface area (Å²) in [6.07, 6.45) is 5.13. The fraction of sp³-hybridized carbons (Fsp3) is 0.250. The van der Waals surface area contributed by atoms with Crippen molar-refractivity contribution in [2.24, 2.45) is 5.92 Å². The number of allylic oxidation sites excluding steroid dienone is 2. The number of hydrogen-bond acceptors (Lipinski definition) is 1. The van der Waals surface area contributed by atoms with E-state index < -0.39 is 0 Å². The van der Waals surface area contributed by atoms with Crippen LogP contribution in [0.3, 0.4) is 0 Å². The smallest absolute Gasteiger partial charge is 0.0659 e. The van der Waals surface area contributed by atoms with Crippen molar-refractivity contribution in [2.45, 2.75) is 26.2 Å². The Morgan fingerprint density at radius 3 is 2.00 bits per heavy atom. The minimum Gasteiger partial charge on any atom is -0.198 e. The van der Waals surface area contributed by atoms with E-state index in [0.717, 1.165) is 19.3 Å². The molecule has 0 radical (unpaired) electrons. The largest absolute Gasteiger partial charge is 0.198 e. The van der Waals surface area contributed by atoms with E-state index in [2.05, 4.69) is 67.6 Å². The van der Waals surface area contributed by atoms with Gasteiger partial charge < -0.3 is 0 Å². The number of rotatable bonds is 2. The zero-order valence-electron chi connectivity index (χ0n) is 12.3. The molecule has 2 aromatic carbocycles. The number of hydrogen-bond donors (Lipinski definition) is 0. The third-order valence-electron chi connectivity index (χ3n) is 4.23. The van der Waals surface area contributed by atoms with E-state index in [1.807, 2.05) is 0 Å². The molecule has 0 spiro atoms. The van der Waals surface area contributed by atoms with Crippen LogP contribution in [-0.4, -0.2) is 0 Å². The topological polar surface area (TPSA) is 23.8 Å². The Labute approximate surface area is 126 Å². The highest BCUT2D eigenvalue weighted by molar-refractivity contribution is 5.71. The van der Waals surface area contributed by atoms with Gasteiger partial charge in [0, 0.05) is 0 Å². The first kappa shape index (κ1) is 13.6. The summed E-state index contributed by atoms with van der Waals surface area (Å²) in [5.74, 6) is 0.209. The van der Waals surface area contributed by atoms with E-state index in [0.29, 0.717) is 0 Å². The van der Waals surface area contributed by atoms with Crippen LogP contribution >= 0.6 is 0 Å². The summed E-state index contributed by atoms with van der Waals surface area (Å²) in [6, 6.07) is 19.8. The van der Waals surface area contributed by atoms with Crippen LogP contribution < -0.4 is 0 Å². The second-order valence-electron chi connectivity index (χ2n) is 5.77. The highest BCUT2D eigenvalue weighted by atomic mass is 14.3. The molecule has 0 saturated heterocycles. The van der Waals surface area contributed by atoms with Crippen LogP contribution in [0.4, 0.5) is 0 Å². The molecular formula is C20H19N. The van der Waals surface area contributed by atoms with Gasteiger partial charge in [-0.25, -0.2) is 0 Å². The highest BCUT2D eigenvalue weighted by Gasteiger charge is 2.14. The summed E-state index contributed by atoms with van der Waals surface area (Å²) in [5.41, 5.74) is 6.48. The molecule has 3 rings (SSSR count). The SMILES string of the molecule is Cc1ccc(-c2ccc(C3=CCC(C#N)CC3)cc2)cc1. The third-order valence-corrected chi connectivity index (χ3v) is 4.23. The van der Waals surface area contributed by atoms with Crippen molar-refractivity contribution < 1.29 is 0 Å². The quantitative estimate of drug-likeness (QED) is 0.721. The minimum absolute atomic E-state index is 0.209. The maximum atomic E-state index is 8.95. The van der Waals surface area contributed by atoms with Crippen molar-refractivity contribution in [3.8, 4) is 17.2 Å². The lowest BCUT2D eigenvalue weighted by atomic mass is 9.87. The molecule has 0 bridgehead atoms. The molecule has 2 aromatic rings. The third kappa shape index (κ3) is 3.06. The van der Waals surface area contributed by atoms with Crippen LogP contribution in [0.15, 0.2) is 54.6 Å². The average Bonchev–Trinajstić information content (AvgIpc) is 2.56. The molecule has 1 atom stereocenters. The van der Waals surface area contributed by atoms with Gasteiger partial charge in [0.05, 0.1) is 12.0 Å². The van der Waals surface area contributed by atoms with Gasteiger partial charge in [-0.2, -0.15) is 5.26 Å². The first-order valence-electron chi connectivity index (χ1n) is 7.52. The van der Waals surface area contributed by atoms with Gasteiger partial charge in [0.15, 0.2) is 0 Å². The number of nitriles is 1. The monoisotopic (exact) mass is 273 g/mol. The van der Waals surface area contributed by atoms with Crippen molar-refractivity contribution in [3.05, 3.63) is 65.7 Å². The van der Waals surface area contributed by atoms with Crippen LogP contribution in [0.2, 0.25) is 0 Å². The second kappa shape index (κ2) is 5.97. The molecule has 1 heteroatoms. The summed E-state index contributed by atoms with van der Waals surface area (Å²) < 4.78 is 0. The maximum absolute atomic E-state index is 8.95. The van der Waals surface area contributed by atoms with Crippen LogP contribution in [-0.2, 0) is 0 Å². The first-order chi connectivity index (χ1) is 10.3. The predicted octanol–water partition coefficient (Wildman–Crippen LogP) is 5.37. The summed E-state index contributed by atoms with van der Waals surface area (Å²) in [5, 5.41) is 8.95. The molecule has 0 saturated carbocycles. The Kier molecular flexibility index (Phi) is 3.88. The summed E-state index contributed by atoms with van der Waals surface area (Å²) in [6.45, 7) is 2.11. The molecule has 1 nitrogen and oxygen atoms in total. The lowest BCUT2D eigenvalue weighted by Crippen LogP contribution is -2.02. The van der Waals surface area contributed by atoms with Gasteiger partial charge >= 0.3 is 0 Å². The lowest BCUT2D eigenvalue weighted by molar-refractivity contribution is 0.604. The van der Waals surface area contributed by atoms with Gasteiger partial charge in [-0.3, -0.25) is 0 Å². The van der Waals surface area contributed by atoms with E-state index in [1.54, 1.807) is 0 Å². The average molecular weight is 273 g/mol. The zero-order chi connectivity index (χ0) is 14.7. The van der Waals surface area contributed by atoms with Gasteiger partial charge in [-0.15, -0.1) is 0 Å². The van der Waals surface area contributed by atoms with Crippen molar-refractivity contribution >= 4 is 5.57 Å². The second-order valence-corrected chi connectivity index (χ2v) is 5.77. The Morgan fingerprint density at radius 1 is 0.905 bits per heavy atom. The van der Waals surface area contributed by atoms with Crippen LogP contribution in [0.1, 0.15) is 30.4 Å². The fourth-order valence-corrected chi connectivity index (χ4v) is 2.84. The molecule has 0 N–H and O–H groups in total. The molecule has 104 valence electrons. The Morgan fingerprint density at radius 2 is 1.48 bits per heavy atom. The van der Waals surface area contributed by atoms with Crippen LogP contribution in [0.5, 0.6) is 0 Å². The number of benzene rings is 2. The van der Waals surface area contributed by atoms with E-state index >= 15 is 0 Å². The molecule has 21 heavy (non-hydrogen) atoms. The summed E-state index contributed by atoms with van der Waals surface area (Å²) >= 11 is 0. The summed E-state index contributed by atoms with van der Waals surface area (Å²) in [4.78, 5) is 0. The van der Waals surface area contributed by atoms with Crippen molar-refractivity contribution in [1.82, 2.24) is 0 Å². The Bertz CT molecular complexity index is 684. The lowest BCUT2D eigenvalue weighted by Gasteiger charge is -2.17. The first-order valence-corrected chi connectivity index (χ1v) is 7.52. The van der Waals surface area contributed by atoms with E-state index in [9.17, 15) is 0 Å². The molecule has 1 unspecified atom stereocenters. The molecule has 1 aliphatic rings. The van der Waals surface area contributed by atoms with E-state index in [4.69, 9.17) is 5.26 Å². The minimum atomic E-state index is 0.209. The fourth-order valence-electron chi connectivity index (χ4n) is 2.84. The maximum Gasteiger partial charge on any atom is 0.0659 e. The molecule has 0 amide bonds. The number of aryl methyl sites for hydroxylation is 1. The highest BCUT2D eigenvalue weighted by Crippen LogP contribution is 2.31. The normalized spacial score (nSPS) is 17.9. The molecule has 0 fully saturated rings. The molecule has 0 heterocycles. The van der Waals surface area contributed by atoms with Crippen molar-refractivity contribution in [1.29, 1.82) is 5.26 Å². The standard InChI is InChI=1S/C20H19N/c1-15-2-6-17(7-3-15)19-10-12-20(13-11-19)18-8-4-16(14-21)5-9-18/h2-3,6-8,10-13,16H,4-5,9H2,1H3. The Balaban J connectivity index is 1.80. The number of nitrogens with zero attached hydrogens (tertiary/aromatic N) is 1.